The fourth-order valence-corrected chi connectivity index (χ4v) is 3.50. The first-order valence-electron chi connectivity index (χ1n) is 8.04. The number of aryl methyl sites for hydroxylation is 1. The molecule has 5 heteroatoms. The molecule has 2 N–H and O–H groups in total. The van der Waals surface area contributed by atoms with Gasteiger partial charge in [-0.2, -0.15) is 0 Å². The zero-order valence-electron chi connectivity index (χ0n) is 13.1. The molecule has 0 unspecified atom stereocenters. The van der Waals surface area contributed by atoms with E-state index in [4.69, 9.17) is 0 Å². The zero-order chi connectivity index (χ0) is 15.8. The summed E-state index contributed by atoms with van der Waals surface area (Å²) in [6, 6.07) is 12.6. The first-order chi connectivity index (χ1) is 11.2. The maximum Gasteiger partial charge on any atom is 0.322 e. The highest BCUT2D eigenvalue weighted by Gasteiger charge is 2.40. The number of nitrogens with zero attached hydrogens (tertiary/aromatic N) is 2. The maximum absolute atomic E-state index is 12.5. The van der Waals surface area contributed by atoms with Gasteiger partial charge in [0, 0.05) is 42.6 Å². The Bertz CT molecular complexity index is 731. The number of amides is 2. The van der Waals surface area contributed by atoms with Crippen molar-refractivity contribution in [2.24, 2.45) is 0 Å². The Hall–Kier alpha value is -2.40. The quantitative estimate of drug-likeness (QED) is 0.896. The van der Waals surface area contributed by atoms with E-state index in [1.54, 1.807) is 6.20 Å². The van der Waals surface area contributed by atoms with Gasteiger partial charge in [0.25, 0.3) is 0 Å². The second-order valence-electron chi connectivity index (χ2n) is 6.32. The van der Waals surface area contributed by atoms with Crippen LogP contribution in [0.25, 0.3) is 11.3 Å². The molecule has 5 nitrogen and oxygen atoms in total. The van der Waals surface area contributed by atoms with Crippen molar-refractivity contribution < 1.29 is 4.79 Å². The summed E-state index contributed by atoms with van der Waals surface area (Å²) in [6.07, 6.45) is 2.86. The van der Waals surface area contributed by atoms with Crippen molar-refractivity contribution in [1.29, 1.82) is 0 Å². The van der Waals surface area contributed by atoms with Gasteiger partial charge in [-0.25, -0.2) is 4.79 Å². The van der Waals surface area contributed by atoms with Gasteiger partial charge in [0.1, 0.15) is 0 Å². The van der Waals surface area contributed by atoms with Crippen LogP contribution in [-0.4, -0.2) is 41.1 Å². The van der Waals surface area contributed by atoms with E-state index in [9.17, 15) is 4.79 Å². The molecule has 1 aromatic heterocycles. The van der Waals surface area contributed by atoms with Gasteiger partial charge in [0.05, 0.1) is 5.69 Å². The molecule has 2 aliphatic rings. The molecule has 0 saturated carbocycles. The topological polar surface area (TPSA) is 57.3 Å². The van der Waals surface area contributed by atoms with Crippen LogP contribution < -0.4 is 10.6 Å². The monoisotopic (exact) mass is 308 g/mol. The molecule has 118 valence electrons. The number of hydrogen-bond acceptors (Lipinski definition) is 3. The van der Waals surface area contributed by atoms with Gasteiger partial charge < -0.3 is 15.5 Å². The number of anilines is 1. The summed E-state index contributed by atoms with van der Waals surface area (Å²) in [5, 5.41) is 6.45. The van der Waals surface area contributed by atoms with Crippen LogP contribution in [0, 0.1) is 6.92 Å². The number of pyridine rings is 1. The number of carbonyl (C=O) groups is 1. The molecular weight excluding hydrogens is 288 g/mol. The van der Waals surface area contributed by atoms with Crippen LogP contribution >= 0.6 is 0 Å². The molecule has 2 aliphatic heterocycles. The fourth-order valence-electron chi connectivity index (χ4n) is 3.50. The lowest BCUT2D eigenvalue weighted by Gasteiger charge is -2.27. The minimum Gasteiger partial charge on any atom is -0.319 e. The number of fused-ring (bicyclic) bond motifs is 2. The van der Waals surface area contributed by atoms with Gasteiger partial charge in [-0.15, -0.1) is 0 Å². The van der Waals surface area contributed by atoms with Gasteiger partial charge in [-0.1, -0.05) is 12.1 Å². The van der Waals surface area contributed by atoms with E-state index in [1.807, 2.05) is 41.3 Å². The van der Waals surface area contributed by atoms with E-state index in [1.165, 1.54) is 0 Å². The summed E-state index contributed by atoms with van der Waals surface area (Å²) in [7, 11) is 0. The summed E-state index contributed by atoms with van der Waals surface area (Å²) in [5.74, 6) is 0. The number of piperazine rings is 1. The summed E-state index contributed by atoms with van der Waals surface area (Å²) in [5.41, 5.74) is 3.93. The predicted octanol–water partition coefficient (Wildman–Crippen LogP) is 2.64. The standard InChI is InChI=1S/C18H20N4O/c1-12-5-6-13(9-16(12)17-4-2-3-7-19-17)21-18(23)22-11-14-8-15(22)10-20-14/h2-7,9,14-15,20H,8,10-11H2,1H3,(H,21,23)/t14-,15-/m0/s1. The van der Waals surface area contributed by atoms with Crippen LogP contribution in [-0.2, 0) is 0 Å². The van der Waals surface area contributed by atoms with Crippen molar-refractivity contribution in [2.45, 2.75) is 25.4 Å². The highest BCUT2D eigenvalue weighted by Crippen LogP contribution is 2.27. The minimum absolute atomic E-state index is 0.00479. The average Bonchev–Trinajstić information content (AvgIpc) is 3.20. The van der Waals surface area contributed by atoms with E-state index in [0.29, 0.717) is 12.1 Å². The number of urea groups is 1. The number of nitrogens with one attached hydrogen (secondary N) is 2. The lowest BCUT2D eigenvalue weighted by Crippen LogP contribution is -2.48. The molecular formula is C18H20N4O. The Morgan fingerprint density at radius 1 is 1.35 bits per heavy atom. The smallest absolute Gasteiger partial charge is 0.319 e. The third kappa shape index (κ3) is 2.68. The van der Waals surface area contributed by atoms with Crippen molar-refractivity contribution in [3.8, 4) is 11.3 Å². The van der Waals surface area contributed by atoms with Crippen LogP contribution in [0.15, 0.2) is 42.6 Å². The molecule has 2 amide bonds. The molecule has 2 atom stereocenters. The van der Waals surface area contributed by atoms with Crippen molar-refractivity contribution in [3.63, 3.8) is 0 Å². The Morgan fingerprint density at radius 3 is 2.96 bits per heavy atom. The predicted molar refractivity (Wildman–Crippen MR) is 90.3 cm³/mol. The summed E-state index contributed by atoms with van der Waals surface area (Å²) < 4.78 is 0. The van der Waals surface area contributed by atoms with Gasteiger partial charge in [-0.3, -0.25) is 4.98 Å². The van der Waals surface area contributed by atoms with Crippen molar-refractivity contribution in [3.05, 3.63) is 48.2 Å². The SMILES string of the molecule is Cc1ccc(NC(=O)N2C[C@@H]3C[C@H]2CN3)cc1-c1ccccn1. The van der Waals surface area contributed by atoms with Crippen LogP contribution in [0.5, 0.6) is 0 Å². The average molecular weight is 308 g/mol. The number of rotatable bonds is 2. The van der Waals surface area contributed by atoms with Crippen molar-refractivity contribution in [1.82, 2.24) is 15.2 Å². The number of likely N-dealkylation sites (tertiary alicyclic amines) is 1. The summed E-state index contributed by atoms with van der Waals surface area (Å²) in [4.78, 5) is 18.9. The van der Waals surface area contributed by atoms with Gasteiger partial charge in [0.2, 0.25) is 0 Å². The molecule has 1 aromatic carbocycles. The third-order valence-electron chi connectivity index (χ3n) is 4.75. The molecule has 4 rings (SSSR count). The largest absolute Gasteiger partial charge is 0.322 e. The summed E-state index contributed by atoms with van der Waals surface area (Å²) >= 11 is 0. The molecule has 3 heterocycles. The lowest BCUT2D eigenvalue weighted by molar-refractivity contribution is 0.199. The molecule has 2 aromatic rings. The summed E-state index contributed by atoms with van der Waals surface area (Å²) in [6.45, 7) is 3.77. The van der Waals surface area contributed by atoms with Gasteiger partial charge in [-0.05, 0) is 43.2 Å². The maximum atomic E-state index is 12.5. The van der Waals surface area contributed by atoms with Gasteiger partial charge in [0.15, 0.2) is 0 Å². The molecule has 2 bridgehead atoms. The van der Waals surface area contributed by atoms with Gasteiger partial charge >= 0.3 is 6.03 Å². The molecule has 2 saturated heterocycles. The molecule has 23 heavy (non-hydrogen) atoms. The highest BCUT2D eigenvalue weighted by molar-refractivity contribution is 5.91. The normalized spacial score (nSPS) is 22.4. The molecule has 0 aliphatic carbocycles. The van der Waals surface area contributed by atoms with Crippen LogP contribution in [0.2, 0.25) is 0 Å². The number of benzene rings is 1. The van der Waals surface area contributed by atoms with E-state index in [2.05, 4.69) is 22.5 Å². The first kappa shape index (κ1) is 14.2. The second kappa shape index (κ2) is 5.66. The molecule has 0 radical (unpaired) electrons. The van der Waals surface area contributed by atoms with Crippen LogP contribution in [0.4, 0.5) is 10.5 Å². The fraction of sp³-hybridized carbons (Fsp3) is 0.333. The number of carbonyl (C=O) groups excluding carboxylic acids is 1. The zero-order valence-corrected chi connectivity index (χ0v) is 13.1. The Kier molecular flexibility index (Phi) is 3.50. The lowest BCUT2D eigenvalue weighted by atomic mass is 10.0. The second-order valence-corrected chi connectivity index (χ2v) is 6.32. The Morgan fingerprint density at radius 2 is 2.26 bits per heavy atom. The molecule has 2 fully saturated rings. The van der Waals surface area contributed by atoms with Crippen LogP contribution in [0.1, 0.15) is 12.0 Å². The van der Waals surface area contributed by atoms with E-state index < -0.39 is 0 Å². The van der Waals surface area contributed by atoms with E-state index >= 15 is 0 Å². The third-order valence-corrected chi connectivity index (χ3v) is 4.75. The van der Waals surface area contributed by atoms with Crippen molar-refractivity contribution in [2.75, 3.05) is 18.4 Å². The Labute approximate surface area is 135 Å². The Balaban J connectivity index is 1.54. The number of hydrogen-bond donors (Lipinski definition) is 2. The highest BCUT2D eigenvalue weighted by atomic mass is 16.2. The minimum atomic E-state index is -0.00479. The van der Waals surface area contributed by atoms with E-state index in [-0.39, 0.29) is 6.03 Å². The number of aromatic nitrogens is 1. The molecule has 0 spiro atoms. The van der Waals surface area contributed by atoms with Crippen molar-refractivity contribution >= 4 is 11.7 Å². The first-order valence-corrected chi connectivity index (χ1v) is 8.04. The van der Waals surface area contributed by atoms with E-state index in [0.717, 1.165) is 42.0 Å². The van der Waals surface area contributed by atoms with Crippen LogP contribution in [0.3, 0.4) is 0 Å².